The van der Waals surface area contributed by atoms with Gasteiger partial charge in [0.05, 0.1) is 43.6 Å². The van der Waals surface area contributed by atoms with Crippen LogP contribution in [0.4, 0.5) is 5.95 Å². The lowest BCUT2D eigenvalue weighted by atomic mass is 9.77. The first-order chi connectivity index (χ1) is 12.9. The topological polar surface area (TPSA) is 130 Å². The molecule has 0 radical (unpaired) electrons. The maximum atomic E-state index is 12.5. The highest BCUT2D eigenvalue weighted by Crippen LogP contribution is 2.42. The first kappa shape index (κ1) is 19.0. The van der Waals surface area contributed by atoms with E-state index in [1.165, 1.54) is 25.9 Å². The van der Waals surface area contributed by atoms with E-state index in [0.29, 0.717) is 45.7 Å². The summed E-state index contributed by atoms with van der Waals surface area (Å²) in [5.74, 6) is 1.10. The summed E-state index contributed by atoms with van der Waals surface area (Å²) in [5.41, 5.74) is 7.59. The number of aromatic nitrogens is 5. The van der Waals surface area contributed by atoms with E-state index in [0.717, 1.165) is 0 Å². The molecule has 0 saturated heterocycles. The Kier molecular flexibility index (Phi) is 5.26. The van der Waals surface area contributed by atoms with E-state index in [9.17, 15) is 4.79 Å². The fourth-order valence-corrected chi connectivity index (χ4v) is 3.37. The molecule has 10 nitrogen and oxygen atoms in total. The predicted octanol–water partition coefficient (Wildman–Crippen LogP) is 0.0433. The van der Waals surface area contributed by atoms with Crippen molar-refractivity contribution in [2.24, 2.45) is 0 Å². The molecule has 3 heterocycles. The Hall–Kier alpha value is -2.76. The molecule has 142 valence electrons. The average Bonchev–Trinajstić information content (AvgIpc) is 2.97. The van der Waals surface area contributed by atoms with Crippen molar-refractivity contribution in [3.63, 3.8) is 0 Å². The minimum absolute atomic E-state index is 0.101. The van der Waals surface area contributed by atoms with E-state index in [4.69, 9.17) is 19.9 Å². The van der Waals surface area contributed by atoms with Crippen LogP contribution >= 0.6 is 15.9 Å². The molecule has 0 amide bonds. The Bertz CT molecular complexity index is 1070. The zero-order valence-electron chi connectivity index (χ0n) is 15.3. The van der Waals surface area contributed by atoms with Crippen LogP contribution in [0.3, 0.4) is 0 Å². The van der Waals surface area contributed by atoms with Crippen LogP contribution in [0.5, 0.6) is 17.4 Å². The highest BCUT2D eigenvalue weighted by molar-refractivity contribution is 9.10. The maximum Gasteiger partial charge on any atom is 0.328 e. The summed E-state index contributed by atoms with van der Waals surface area (Å²) in [4.78, 5) is 28.2. The molecule has 3 N–H and O–H groups in total. The molecule has 0 saturated carbocycles. The molecule has 0 aliphatic rings. The average molecular weight is 437 g/mol. The van der Waals surface area contributed by atoms with Crippen LogP contribution in [0.15, 0.2) is 9.27 Å². The summed E-state index contributed by atoms with van der Waals surface area (Å²) in [6, 6.07) is 0. The number of aromatic amines is 1. The van der Waals surface area contributed by atoms with Crippen molar-refractivity contribution in [2.45, 2.75) is 13.4 Å². The predicted molar refractivity (Wildman–Crippen MR) is 106 cm³/mol. The molecule has 0 aliphatic heterocycles. The van der Waals surface area contributed by atoms with Crippen LogP contribution < -0.4 is 31.2 Å². The molecule has 0 aromatic carbocycles. The number of fused-ring (bicyclic) bond motifs is 1. The highest BCUT2D eigenvalue weighted by atomic mass is 79.9. The van der Waals surface area contributed by atoms with Crippen molar-refractivity contribution in [1.82, 2.24) is 24.5 Å². The van der Waals surface area contributed by atoms with Crippen molar-refractivity contribution in [2.75, 3.05) is 27.1 Å². The van der Waals surface area contributed by atoms with Crippen molar-refractivity contribution < 1.29 is 14.2 Å². The van der Waals surface area contributed by atoms with Gasteiger partial charge in [0, 0.05) is 5.59 Å². The van der Waals surface area contributed by atoms with Crippen molar-refractivity contribution in [1.29, 1.82) is 0 Å². The number of nitrogens with one attached hydrogen (secondary N) is 1. The summed E-state index contributed by atoms with van der Waals surface area (Å²) < 4.78 is 18.0. The van der Waals surface area contributed by atoms with Gasteiger partial charge >= 0.3 is 5.69 Å². The number of nitrogen functional groups attached to an aromatic ring is 1. The molecule has 0 aliphatic carbocycles. The molecule has 3 rings (SSSR count). The fourth-order valence-electron chi connectivity index (χ4n) is 2.81. The maximum absolute atomic E-state index is 12.5. The molecule has 3 aromatic heterocycles. The number of nitrogens with zero attached hydrogens (tertiary/aromatic N) is 4. The van der Waals surface area contributed by atoms with E-state index in [1.807, 2.05) is 6.82 Å². The van der Waals surface area contributed by atoms with E-state index < -0.39 is 0 Å². The molecular weight excluding hydrogens is 419 g/mol. The summed E-state index contributed by atoms with van der Waals surface area (Å²) in [6.45, 7) is 2.03. The Morgan fingerprint density at radius 3 is 2.44 bits per heavy atom. The van der Waals surface area contributed by atoms with Gasteiger partial charge in [0.25, 0.3) is 5.88 Å². The fraction of sp³-hybridized carbons (Fsp3) is 0.333. The largest absolute Gasteiger partial charge is 0.492 e. The number of imidazole rings is 1. The quantitative estimate of drug-likeness (QED) is 0.518. The third-order valence-corrected chi connectivity index (χ3v) is 4.87. The second-order valence-electron chi connectivity index (χ2n) is 5.55. The summed E-state index contributed by atoms with van der Waals surface area (Å²) in [7, 11) is 5.08. The van der Waals surface area contributed by atoms with Gasteiger partial charge < -0.3 is 24.9 Å². The van der Waals surface area contributed by atoms with E-state index in [-0.39, 0.29) is 24.1 Å². The SMILES string of the molecule is CBc1nc(N)nc2c1[nH]c(=O)n2Cc1nc(OC)c(OC)c(OC)c1Br. The lowest BCUT2D eigenvalue weighted by Gasteiger charge is -2.15. The van der Waals surface area contributed by atoms with Gasteiger partial charge in [0.1, 0.15) is 0 Å². The molecule has 0 fully saturated rings. The van der Waals surface area contributed by atoms with Crippen LogP contribution in [0.25, 0.3) is 11.2 Å². The van der Waals surface area contributed by atoms with Crippen LogP contribution in [-0.4, -0.2) is 53.1 Å². The Balaban J connectivity index is 2.20. The number of ether oxygens (including phenoxy) is 3. The Labute approximate surface area is 163 Å². The number of anilines is 1. The van der Waals surface area contributed by atoms with Crippen LogP contribution in [0.2, 0.25) is 6.82 Å². The number of pyridine rings is 1. The second kappa shape index (κ2) is 7.47. The van der Waals surface area contributed by atoms with Gasteiger partial charge in [-0.15, -0.1) is 0 Å². The second-order valence-corrected chi connectivity index (χ2v) is 6.34. The number of halogens is 1. The van der Waals surface area contributed by atoms with Crippen molar-refractivity contribution in [3.8, 4) is 17.4 Å². The van der Waals surface area contributed by atoms with Crippen LogP contribution in [-0.2, 0) is 6.54 Å². The first-order valence-corrected chi connectivity index (χ1v) is 8.83. The van der Waals surface area contributed by atoms with Gasteiger partial charge in [-0.25, -0.2) is 14.8 Å². The zero-order valence-corrected chi connectivity index (χ0v) is 16.9. The van der Waals surface area contributed by atoms with Gasteiger partial charge in [-0.1, -0.05) is 6.82 Å². The number of hydrogen-bond donors (Lipinski definition) is 2. The summed E-state index contributed by atoms with van der Waals surface area (Å²) >= 11 is 3.47. The third kappa shape index (κ3) is 3.20. The molecule has 0 atom stereocenters. The molecule has 0 unspecified atom stereocenters. The van der Waals surface area contributed by atoms with Crippen LogP contribution in [0, 0.1) is 0 Å². The summed E-state index contributed by atoms with van der Waals surface area (Å²) in [5, 5.41) is 0. The lowest BCUT2D eigenvalue weighted by molar-refractivity contribution is 0.313. The van der Waals surface area contributed by atoms with Gasteiger partial charge in [0.15, 0.2) is 18.7 Å². The zero-order chi connectivity index (χ0) is 19.7. The lowest BCUT2D eigenvalue weighted by Crippen LogP contribution is -2.20. The van der Waals surface area contributed by atoms with E-state index in [2.05, 4.69) is 35.9 Å². The van der Waals surface area contributed by atoms with Crippen LogP contribution in [0.1, 0.15) is 5.69 Å². The minimum atomic E-state index is -0.345. The third-order valence-electron chi connectivity index (χ3n) is 4.05. The number of rotatable bonds is 6. The molecule has 0 bridgehead atoms. The Morgan fingerprint density at radius 1 is 1.15 bits per heavy atom. The standard InChI is InChI=1S/C15H18BBrN6O4/c1-16-11-8-12(22-14(18)21-11)23(15(24)20-8)5-6-7(17)9(25-2)10(26-3)13(19-6)27-4/h16H,5H2,1-4H3,(H,20,24)(H2,18,21,22). The minimum Gasteiger partial charge on any atom is -0.492 e. The number of hydrogen-bond acceptors (Lipinski definition) is 8. The first-order valence-electron chi connectivity index (χ1n) is 8.04. The number of H-pyrrole nitrogens is 1. The molecule has 27 heavy (non-hydrogen) atoms. The van der Waals surface area contributed by atoms with Gasteiger partial charge in [-0.3, -0.25) is 4.57 Å². The van der Waals surface area contributed by atoms with E-state index >= 15 is 0 Å². The normalized spacial score (nSPS) is 10.9. The summed E-state index contributed by atoms with van der Waals surface area (Å²) in [6.07, 6.45) is 0. The monoisotopic (exact) mass is 436 g/mol. The molecule has 12 heteroatoms. The number of methoxy groups -OCH3 is 3. The van der Waals surface area contributed by atoms with Gasteiger partial charge in [-0.05, 0) is 15.9 Å². The molecule has 0 spiro atoms. The highest BCUT2D eigenvalue weighted by Gasteiger charge is 2.23. The van der Waals surface area contributed by atoms with Gasteiger partial charge in [-0.2, -0.15) is 4.98 Å². The Morgan fingerprint density at radius 2 is 1.85 bits per heavy atom. The molecular formula is C15H18BBrN6O4. The van der Waals surface area contributed by atoms with Crippen molar-refractivity contribution in [3.05, 3.63) is 20.7 Å². The van der Waals surface area contributed by atoms with E-state index in [1.54, 1.807) is 0 Å². The molecule has 3 aromatic rings. The van der Waals surface area contributed by atoms with Crippen molar-refractivity contribution >= 4 is 45.9 Å². The van der Waals surface area contributed by atoms with Gasteiger partial charge in [0.2, 0.25) is 11.7 Å². The smallest absolute Gasteiger partial charge is 0.328 e. The number of nitrogens with two attached hydrogens (primary N) is 1.